The van der Waals surface area contributed by atoms with Gasteiger partial charge in [-0.3, -0.25) is 0 Å². The second-order valence-electron chi connectivity index (χ2n) is 6.13. The summed E-state index contributed by atoms with van der Waals surface area (Å²) < 4.78 is 27.1. The van der Waals surface area contributed by atoms with E-state index in [0.29, 0.717) is 29.8 Å². The highest BCUT2D eigenvalue weighted by Gasteiger charge is 2.35. The van der Waals surface area contributed by atoms with Crippen molar-refractivity contribution in [1.29, 1.82) is 0 Å². The van der Waals surface area contributed by atoms with Crippen molar-refractivity contribution in [2.45, 2.75) is 31.6 Å². The van der Waals surface area contributed by atoms with Gasteiger partial charge in [-0.05, 0) is 42.4 Å². The summed E-state index contributed by atoms with van der Waals surface area (Å²) in [6, 6.07) is 5.52. The van der Waals surface area contributed by atoms with Crippen LogP contribution in [0.2, 0.25) is 0 Å². The van der Waals surface area contributed by atoms with Crippen LogP contribution in [0.1, 0.15) is 25.8 Å². The zero-order chi connectivity index (χ0) is 14.3. The molecule has 1 saturated heterocycles. The van der Waals surface area contributed by atoms with E-state index in [1.807, 2.05) is 6.07 Å². The summed E-state index contributed by atoms with van der Waals surface area (Å²) in [5, 5.41) is 3.30. The molecule has 0 amide bonds. The van der Waals surface area contributed by atoms with Gasteiger partial charge in [0.2, 0.25) is 10.0 Å². The lowest BCUT2D eigenvalue weighted by Gasteiger charge is -2.21. The molecular weight excluding hydrogens is 272 g/mol. The van der Waals surface area contributed by atoms with Gasteiger partial charge in [-0.15, -0.1) is 0 Å². The Hall–Kier alpha value is -1.07. The molecule has 1 aromatic carbocycles. The van der Waals surface area contributed by atoms with Crippen LogP contribution < -0.4 is 5.32 Å². The van der Waals surface area contributed by atoms with Gasteiger partial charge in [-0.25, -0.2) is 8.42 Å². The first-order chi connectivity index (χ1) is 9.48. The maximum atomic E-state index is 12.7. The average molecular weight is 294 g/mol. The summed E-state index contributed by atoms with van der Waals surface area (Å²) in [6.07, 6.45) is 2.14. The summed E-state index contributed by atoms with van der Waals surface area (Å²) in [5.74, 6) is 0.862. The Morgan fingerprint density at radius 2 is 1.90 bits per heavy atom. The van der Waals surface area contributed by atoms with Crippen molar-refractivity contribution < 1.29 is 8.42 Å². The third kappa shape index (κ3) is 2.33. The van der Waals surface area contributed by atoms with Crippen LogP contribution in [0.15, 0.2) is 23.1 Å². The highest BCUT2D eigenvalue weighted by atomic mass is 32.2. The van der Waals surface area contributed by atoms with Crippen LogP contribution in [-0.4, -0.2) is 32.4 Å². The van der Waals surface area contributed by atoms with Crippen molar-refractivity contribution in [2.75, 3.05) is 25.0 Å². The van der Waals surface area contributed by atoms with Crippen molar-refractivity contribution in [3.8, 4) is 0 Å². The monoisotopic (exact) mass is 294 g/mol. The van der Waals surface area contributed by atoms with E-state index in [-0.39, 0.29) is 0 Å². The van der Waals surface area contributed by atoms with E-state index >= 15 is 0 Å². The molecular formula is C15H22N2O2S. The smallest absolute Gasteiger partial charge is 0.243 e. The molecule has 1 fully saturated rings. The molecule has 2 unspecified atom stereocenters. The number of anilines is 1. The quantitative estimate of drug-likeness (QED) is 0.910. The number of rotatable bonds is 2. The Labute approximate surface area is 121 Å². The highest BCUT2D eigenvalue weighted by Crippen LogP contribution is 2.31. The minimum atomic E-state index is -3.34. The van der Waals surface area contributed by atoms with Crippen LogP contribution in [0.3, 0.4) is 0 Å². The Kier molecular flexibility index (Phi) is 3.50. The molecule has 2 atom stereocenters. The van der Waals surface area contributed by atoms with Gasteiger partial charge in [-0.2, -0.15) is 4.31 Å². The Balaban J connectivity index is 1.92. The molecule has 2 aliphatic rings. The molecule has 20 heavy (non-hydrogen) atoms. The van der Waals surface area contributed by atoms with Crippen LogP contribution in [0.4, 0.5) is 5.69 Å². The van der Waals surface area contributed by atoms with E-state index in [4.69, 9.17) is 0 Å². The number of nitrogens with zero attached hydrogens (tertiary/aromatic N) is 1. The van der Waals surface area contributed by atoms with Crippen molar-refractivity contribution >= 4 is 15.7 Å². The van der Waals surface area contributed by atoms with Gasteiger partial charge in [0.05, 0.1) is 4.90 Å². The summed E-state index contributed by atoms with van der Waals surface area (Å²) in [6.45, 7) is 6.43. The van der Waals surface area contributed by atoms with Crippen molar-refractivity contribution in [3.63, 3.8) is 0 Å². The van der Waals surface area contributed by atoms with Crippen molar-refractivity contribution in [1.82, 2.24) is 4.31 Å². The Morgan fingerprint density at radius 3 is 2.60 bits per heavy atom. The molecule has 1 aromatic rings. The maximum absolute atomic E-state index is 12.7. The minimum Gasteiger partial charge on any atom is -0.385 e. The van der Waals surface area contributed by atoms with Crippen molar-refractivity contribution in [2.24, 2.45) is 11.8 Å². The van der Waals surface area contributed by atoms with Crippen LogP contribution in [0.25, 0.3) is 0 Å². The van der Waals surface area contributed by atoms with Crippen LogP contribution in [-0.2, 0) is 16.4 Å². The molecule has 0 aromatic heterocycles. The minimum absolute atomic E-state index is 0.423. The number of hydrogen-bond donors (Lipinski definition) is 1. The Morgan fingerprint density at radius 1 is 1.20 bits per heavy atom. The van der Waals surface area contributed by atoms with Gasteiger partial charge in [0, 0.05) is 25.3 Å². The van der Waals surface area contributed by atoms with Crippen LogP contribution >= 0.6 is 0 Å². The second kappa shape index (κ2) is 5.04. The maximum Gasteiger partial charge on any atom is 0.243 e. The zero-order valence-electron chi connectivity index (χ0n) is 12.1. The molecule has 2 heterocycles. The van der Waals surface area contributed by atoms with Gasteiger partial charge in [0.25, 0.3) is 0 Å². The van der Waals surface area contributed by atoms with Crippen molar-refractivity contribution in [3.05, 3.63) is 23.8 Å². The molecule has 0 saturated carbocycles. The number of sulfonamides is 1. The topological polar surface area (TPSA) is 49.4 Å². The van der Waals surface area contributed by atoms with E-state index in [1.54, 1.807) is 16.4 Å². The number of benzene rings is 1. The largest absolute Gasteiger partial charge is 0.385 e. The van der Waals surface area contributed by atoms with E-state index in [2.05, 4.69) is 19.2 Å². The lowest BCUT2D eigenvalue weighted by molar-refractivity contribution is 0.463. The fourth-order valence-electron chi connectivity index (χ4n) is 3.02. The summed E-state index contributed by atoms with van der Waals surface area (Å²) in [5.41, 5.74) is 2.20. The van der Waals surface area contributed by atoms with Gasteiger partial charge in [-0.1, -0.05) is 19.9 Å². The number of fused-ring (bicyclic) bond motifs is 1. The zero-order valence-corrected chi connectivity index (χ0v) is 12.9. The fourth-order valence-corrected chi connectivity index (χ4v) is 4.69. The third-order valence-electron chi connectivity index (χ3n) is 4.61. The highest BCUT2D eigenvalue weighted by molar-refractivity contribution is 7.89. The Bertz CT molecular complexity index is 602. The molecule has 2 aliphatic heterocycles. The predicted molar refractivity (Wildman–Crippen MR) is 80.3 cm³/mol. The van der Waals surface area contributed by atoms with Gasteiger partial charge >= 0.3 is 0 Å². The normalized spacial score (nSPS) is 27.1. The molecule has 3 rings (SSSR count). The average Bonchev–Trinajstić information content (AvgIpc) is 2.79. The van der Waals surface area contributed by atoms with Gasteiger partial charge < -0.3 is 5.32 Å². The van der Waals surface area contributed by atoms with E-state index in [9.17, 15) is 8.42 Å². The van der Waals surface area contributed by atoms with Gasteiger partial charge in [0.1, 0.15) is 0 Å². The molecule has 4 nitrogen and oxygen atoms in total. The summed E-state index contributed by atoms with van der Waals surface area (Å²) in [7, 11) is -3.34. The SMILES string of the molecule is CC1CN(S(=O)(=O)c2ccc3c(c2)NCCC3)CC1C. The first-order valence-electron chi connectivity index (χ1n) is 7.35. The second-order valence-corrected chi connectivity index (χ2v) is 8.06. The number of aryl methyl sites for hydroxylation is 1. The molecule has 0 spiro atoms. The van der Waals surface area contributed by atoms with E-state index in [1.165, 1.54) is 5.56 Å². The van der Waals surface area contributed by atoms with Crippen LogP contribution in [0.5, 0.6) is 0 Å². The lowest BCUT2D eigenvalue weighted by Crippen LogP contribution is -2.29. The predicted octanol–water partition coefficient (Wildman–Crippen LogP) is 2.32. The van der Waals surface area contributed by atoms with Gasteiger partial charge in [0.15, 0.2) is 0 Å². The molecule has 1 N–H and O–H groups in total. The lowest BCUT2D eigenvalue weighted by atomic mass is 10.0. The molecule has 0 radical (unpaired) electrons. The fraction of sp³-hybridized carbons (Fsp3) is 0.600. The molecule has 110 valence electrons. The summed E-state index contributed by atoms with van der Waals surface area (Å²) in [4.78, 5) is 0.423. The van der Waals surface area contributed by atoms with E-state index < -0.39 is 10.0 Å². The molecule has 5 heteroatoms. The third-order valence-corrected chi connectivity index (χ3v) is 6.44. The first-order valence-corrected chi connectivity index (χ1v) is 8.79. The van der Waals surface area contributed by atoms with Crippen LogP contribution in [0, 0.1) is 11.8 Å². The van der Waals surface area contributed by atoms with E-state index in [0.717, 1.165) is 25.1 Å². The first kappa shape index (κ1) is 13.9. The summed E-state index contributed by atoms with van der Waals surface area (Å²) >= 11 is 0. The standard InChI is InChI=1S/C15H22N2O2S/c1-11-9-17(10-12(11)2)20(18,19)14-6-5-13-4-3-7-16-15(13)8-14/h5-6,8,11-12,16H,3-4,7,9-10H2,1-2H3. The molecule has 0 bridgehead atoms. The molecule has 0 aliphatic carbocycles. The number of hydrogen-bond acceptors (Lipinski definition) is 3. The number of nitrogens with one attached hydrogen (secondary N) is 1.